The second-order valence-electron chi connectivity index (χ2n) is 5.53. The second-order valence-corrected chi connectivity index (χ2v) is 7.44. The molecule has 0 N–H and O–H groups in total. The number of ether oxygens (including phenoxy) is 1. The van der Waals surface area contributed by atoms with Crippen LogP contribution in [-0.2, 0) is 10.0 Å². The normalized spacial score (nSPS) is 15.7. The number of nitrogens with zero attached hydrogens (tertiary/aromatic N) is 5. The van der Waals surface area contributed by atoms with Gasteiger partial charge >= 0.3 is 0 Å². The van der Waals surface area contributed by atoms with Crippen molar-refractivity contribution in [3.8, 4) is 5.75 Å². The number of methoxy groups -OCH3 is 1. The van der Waals surface area contributed by atoms with Gasteiger partial charge < -0.3 is 9.64 Å². The van der Waals surface area contributed by atoms with E-state index in [1.807, 2.05) is 4.90 Å². The summed E-state index contributed by atoms with van der Waals surface area (Å²) in [4.78, 5) is 20.3. The smallest absolute Gasteiger partial charge is 0.271 e. The molecule has 1 aromatic carbocycles. The second kappa shape index (κ2) is 7.22. The molecule has 2 aromatic rings. The molecule has 10 nitrogen and oxygen atoms in total. The molecule has 11 heteroatoms. The third-order valence-corrected chi connectivity index (χ3v) is 5.97. The molecular weight excluding hydrogens is 362 g/mol. The molecule has 0 radical (unpaired) electrons. The molecule has 1 saturated heterocycles. The highest BCUT2D eigenvalue weighted by atomic mass is 32.2. The van der Waals surface area contributed by atoms with Gasteiger partial charge in [-0.05, 0) is 12.1 Å². The molecule has 26 heavy (non-hydrogen) atoms. The number of non-ortho nitro benzene ring substituents is 1. The van der Waals surface area contributed by atoms with Gasteiger partial charge in [0, 0.05) is 50.7 Å². The highest BCUT2D eigenvalue weighted by Gasteiger charge is 2.32. The minimum atomic E-state index is -3.93. The van der Waals surface area contributed by atoms with Gasteiger partial charge in [0.1, 0.15) is 10.6 Å². The number of anilines is 1. The van der Waals surface area contributed by atoms with Crippen LogP contribution in [0.4, 0.5) is 11.6 Å². The summed E-state index contributed by atoms with van der Waals surface area (Å²) in [6.45, 7) is 1.26. The molecule has 0 bridgehead atoms. The van der Waals surface area contributed by atoms with E-state index in [-0.39, 0.29) is 29.4 Å². The Labute approximate surface area is 150 Å². The van der Waals surface area contributed by atoms with E-state index >= 15 is 0 Å². The van der Waals surface area contributed by atoms with Gasteiger partial charge in [-0.25, -0.2) is 18.4 Å². The fourth-order valence-electron chi connectivity index (χ4n) is 2.70. The molecule has 1 aliphatic heterocycles. The van der Waals surface area contributed by atoms with E-state index in [4.69, 9.17) is 4.74 Å². The number of nitro benzene ring substituents is 1. The minimum absolute atomic E-state index is 0.0735. The fourth-order valence-corrected chi connectivity index (χ4v) is 4.30. The molecule has 1 fully saturated rings. The Bertz CT molecular complexity index is 898. The van der Waals surface area contributed by atoms with E-state index in [0.29, 0.717) is 19.0 Å². The molecule has 0 amide bonds. The lowest BCUT2D eigenvalue weighted by molar-refractivity contribution is -0.385. The van der Waals surface area contributed by atoms with Crippen LogP contribution in [-0.4, -0.2) is 60.9 Å². The molecule has 0 atom stereocenters. The van der Waals surface area contributed by atoms with Gasteiger partial charge in [0.25, 0.3) is 5.69 Å². The molecule has 0 aliphatic carbocycles. The predicted octanol–water partition coefficient (Wildman–Crippen LogP) is 0.904. The van der Waals surface area contributed by atoms with Gasteiger partial charge in [-0.1, -0.05) is 0 Å². The number of rotatable bonds is 5. The van der Waals surface area contributed by atoms with Crippen molar-refractivity contribution >= 4 is 21.7 Å². The number of hydrogen-bond donors (Lipinski definition) is 0. The summed E-state index contributed by atoms with van der Waals surface area (Å²) in [5, 5.41) is 11.0. The summed E-state index contributed by atoms with van der Waals surface area (Å²) in [5.41, 5.74) is -0.305. The number of sulfonamides is 1. The van der Waals surface area contributed by atoms with Gasteiger partial charge in [0.15, 0.2) is 0 Å². The Morgan fingerprint density at radius 3 is 2.38 bits per heavy atom. The lowest BCUT2D eigenvalue weighted by Gasteiger charge is -2.34. The van der Waals surface area contributed by atoms with Crippen LogP contribution in [0.25, 0.3) is 0 Å². The fraction of sp³-hybridized carbons (Fsp3) is 0.333. The number of piperazine rings is 1. The molecule has 2 heterocycles. The standard InChI is InChI=1S/C15H17N5O5S/c1-25-13-4-3-12(20(21)22)11-14(13)26(23,24)19-9-7-18(8-10-19)15-16-5-2-6-17-15/h2-6,11H,7-10H2,1H3. The molecular formula is C15H17N5O5S. The quantitative estimate of drug-likeness (QED) is 0.555. The van der Waals surface area contributed by atoms with E-state index in [9.17, 15) is 18.5 Å². The van der Waals surface area contributed by atoms with Gasteiger partial charge in [-0.2, -0.15) is 4.31 Å². The van der Waals surface area contributed by atoms with Crippen LogP contribution in [0.2, 0.25) is 0 Å². The molecule has 3 rings (SSSR count). The summed E-state index contributed by atoms with van der Waals surface area (Å²) in [6, 6.07) is 5.24. The lowest BCUT2D eigenvalue weighted by Crippen LogP contribution is -2.49. The Balaban J connectivity index is 1.83. The summed E-state index contributed by atoms with van der Waals surface area (Å²) in [7, 11) is -2.61. The zero-order chi connectivity index (χ0) is 18.7. The maximum Gasteiger partial charge on any atom is 0.271 e. The van der Waals surface area contributed by atoms with Gasteiger partial charge in [-0.15, -0.1) is 0 Å². The van der Waals surface area contributed by atoms with Crippen molar-refractivity contribution in [2.75, 3.05) is 38.2 Å². The van der Waals surface area contributed by atoms with E-state index in [0.717, 1.165) is 6.07 Å². The Morgan fingerprint density at radius 1 is 1.15 bits per heavy atom. The Hall–Kier alpha value is -2.79. The van der Waals surface area contributed by atoms with E-state index in [1.165, 1.54) is 23.5 Å². The van der Waals surface area contributed by atoms with Crippen molar-refractivity contribution in [2.45, 2.75) is 4.90 Å². The maximum absolute atomic E-state index is 13.0. The summed E-state index contributed by atoms with van der Waals surface area (Å²) in [6.07, 6.45) is 3.25. The molecule has 1 aliphatic rings. The highest BCUT2D eigenvalue weighted by Crippen LogP contribution is 2.31. The zero-order valence-electron chi connectivity index (χ0n) is 14.0. The molecule has 1 aromatic heterocycles. The van der Waals surface area contributed by atoms with Crippen molar-refractivity contribution in [3.63, 3.8) is 0 Å². The lowest BCUT2D eigenvalue weighted by atomic mass is 10.3. The SMILES string of the molecule is COc1ccc([N+](=O)[O-])cc1S(=O)(=O)N1CCN(c2ncccn2)CC1. The monoisotopic (exact) mass is 379 g/mol. The molecule has 0 spiro atoms. The van der Waals surface area contributed by atoms with Crippen molar-refractivity contribution in [1.82, 2.24) is 14.3 Å². The van der Waals surface area contributed by atoms with Crippen LogP contribution in [0.3, 0.4) is 0 Å². The van der Waals surface area contributed by atoms with Crippen molar-refractivity contribution in [2.24, 2.45) is 0 Å². The first-order valence-electron chi connectivity index (χ1n) is 7.78. The number of benzene rings is 1. The topological polar surface area (TPSA) is 119 Å². The molecule has 0 unspecified atom stereocenters. The van der Waals surface area contributed by atoms with E-state index < -0.39 is 14.9 Å². The average molecular weight is 379 g/mol. The van der Waals surface area contributed by atoms with Crippen molar-refractivity contribution < 1.29 is 18.1 Å². The summed E-state index contributed by atoms with van der Waals surface area (Å²) in [5.74, 6) is 0.613. The third-order valence-electron chi connectivity index (χ3n) is 4.05. The van der Waals surface area contributed by atoms with Gasteiger partial charge in [0.2, 0.25) is 16.0 Å². The van der Waals surface area contributed by atoms with Crippen LogP contribution in [0.15, 0.2) is 41.6 Å². The third kappa shape index (κ3) is 3.44. The van der Waals surface area contributed by atoms with Crippen molar-refractivity contribution in [1.29, 1.82) is 0 Å². The van der Waals surface area contributed by atoms with E-state index in [1.54, 1.807) is 18.5 Å². The van der Waals surface area contributed by atoms with Crippen LogP contribution in [0, 0.1) is 10.1 Å². The minimum Gasteiger partial charge on any atom is -0.495 e. The maximum atomic E-state index is 13.0. The van der Waals surface area contributed by atoms with Crippen LogP contribution in [0.5, 0.6) is 5.75 Å². The number of hydrogen-bond acceptors (Lipinski definition) is 8. The first-order chi connectivity index (χ1) is 12.4. The summed E-state index contributed by atoms with van der Waals surface area (Å²) < 4.78 is 32.3. The number of nitro groups is 1. The van der Waals surface area contributed by atoms with Gasteiger partial charge in [0.05, 0.1) is 12.0 Å². The first-order valence-corrected chi connectivity index (χ1v) is 9.22. The Morgan fingerprint density at radius 2 is 1.81 bits per heavy atom. The van der Waals surface area contributed by atoms with Gasteiger partial charge in [-0.3, -0.25) is 10.1 Å². The highest BCUT2D eigenvalue weighted by molar-refractivity contribution is 7.89. The molecule has 138 valence electrons. The summed E-state index contributed by atoms with van der Waals surface area (Å²) >= 11 is 0. The Kier molecular flexibility index (Phi) is 5.00. The van der Waals surface area contributed by atoms with Crippen LogP contribution < -0.4 is 9.64 Å². The average Bonchev–Trinajstić information content (AvgIpc) is 2.68. The largest absolute Gasteiger partial charge is 0.495 e. The molecule has 0 saturated carbocycles. The van der Waals surface area contributed by atoms with Crippen LogP contribution in [0.1, 0.15) is 0 Å². The zero-order valence-corrected chi connectivity index (χ0v) is 14.8. The predicted molar refractivity (Wildman–Crippen MR) is 92.7 cm³/mol. The van der Waals surface area contributed by atoms with E-state index in [2.05, 4.69) is 9.97 Å². The van der Waals surface area contributed by atoms with Crippen molar-refractivity contribution in [3.05, 3.63) is 46.8 Å². The number of aromatic nitrogens is 2. The first kappa shape index (κ1) is 18.0. The van der Waals surface area contributed by atoms with Crippen LogP contribution >= 0.6 is 0 Å².